The van der Waals surface area contributed by atoms with Crippen molar-refractivity contribution in [2.24, 2.45) is 0 Å². The fourth-order valence-electron chi connectivity index (χ4n) is 2.26. The van der Waals surface area contributed by atoms with Crippen LogP contribution in [-0.2, 0) is 4.79 Å². The molecule has 0 aliphatic rings. The lowest BCUT2D eigenvalue weighted by atomic mass is 9.88. The quantitative estimate of drug-likeness (QED) is 0.838. The Balaban J connectivity index is 3.09. The highest BCUT2D eigenvalue weighted by atomic mass is 16.5. The monoisotopic (exact) mass is 250 g/mol. The molecule has 0 saturated heterocycles. The van der Waals surface area contributed by atoms with Crippen molar-refractivity contribution in [3.05, 3.63) is 28.8 Å². The van der Waals surface area contributed by atoms with Crippen molar-refractivity contribution in [2.45, 2.75) is 46.5 Å². The van der Waals surface area contributed by atoms with Gasteiger partial charge in [0.2, 0.25) is 0 Å². The number of carboxylic acid groups (broad SMARTS) is 1. The molecule has 100 valence electrons. The van der Waals surface area contributed by atoms with E-state index in [2.05, 4.69) is 0 Å². The third-order valence-corrected chi connectivity index (χ3v) is 3.43. The molecule has 1 N–H and O–H groups in total. The van der Waals surface area contributed by atoms with E-state index in [0.29, 0.717) is 6.61 Å². The molecule has 0 aromatic heterocycles. The van der Waals surface area contributed by atoms with Gasteiger partial charge in [-0.25, -0.2) is 0 Å². The van der Waals surface area contributed by atoms with Crippen LogP contribution >= 0.6 is 0 Å². The maximum Gasteiger partial charge on any atom is 0.303 e. The van der Waals surface area contributed by atoms with E-state index >= 15 is 0 Å². The summed E-state index contributed by atoms with van der Waals surface area (Å²) in [5.74, 6) is 0.230. The molecule has 0 saturated carbocycles. The van der Waals surface area contributed by atoms with Gasteiger partial charge in [-0.05, 0) is 55.9 Å². The van der Waals surface area contributed by atoms with Gasteiger partial charge in [0.15, 0.2) is 0 Å². The van der Waals surface area contributed by atoms with E-state index < -0.39 is 5.97 Å². The van der Waals surface area contributed by atoms with E-state index in [-0.39, 0.29) is 12.3 Å². The number of rotatable bonds is 6. The molecule has 0 heterocycles. The van der Waals surface area contributed by atoms with Crippen LogP contribution < -0.4 is 4.74 Å². The molecule has 18 heavy (non-hydrogen) atoms. The summed E-state index contributed by atoms with van der Waals surface area (Å²) in [4.78, 5) is 10.9. The van der Waals surface area contributed by atoms with Crippen LogP contribution in [0.2, 0.25) is 0 Å². The summed E-state index contributed by atoms with van der Waals surface area (Å²) in [6, 6.07) is 3.95. The molecule has 1 aromatic rings. The first kappa shape index (κ1) is 14.6. The Morgan fingerprint density at radius 1 is 1.28 bits per heavy atom. The number of carbonyl (C=O) groups is 1. The summed E-state index contributed by atoms with van der Waals surface area (Å²) in [6.45, 7) is 8.70. The van der Waals surface area contributed by atoms with Gasteiger partial charge >= 0.3 is 5.97 Å². The summed E-state index contributed by atoms with van der Waals surface area (Å²) in [5, 5.41) is 8.95. The van der Waals surface area contributed by atoms with E-state index in [4.69, 9.17) is 9.84 Å². The third-order valence-electron chi connectivity index (χ3n) is 3.43. The first-order valence-electron chi connectivity index (χ1n) is 6.45. The minimum Gasteiger partial charge on any atom is -0.494 e. The predicted molar refractivity (Wildman–Crippen MR) is 72.4 cm³/mol. The van der Waals surface area contributed by atoms with Crippen LogP contribution in [0.25, 0.3) is 0 Å². The lowest BCUT2D eigenvalue weighted by Gasteiger charge is -2.19. The first-order valence-corrected chi connectivity index (χ1v) is 6.45. The number of ether oxygens (including phenoxy) is 1. The maximum absolute atomic E-state index is 10.9. The first-order chi connectivity index (χ1) is 8.51. The molecule has 1 atom stereocenters. The smallest absolute Gasteiger partial charge is 0.303 e. The molecule has 0 fully saturated rings. The highest BCUT2D eigenvalue weighted by Gasteiger charge is 2.17. The second-order valence-electron chi connectivity index (χ2n) is 4.54. The molecule has 0 aliphatic heterocycles. The molecule has 0 aliphatic carbocycles. The van der Waals surface area contributed by atoms with Crippen LogP contribution in [0, 0.1) is 13.8 Å². The van der Waals surface area contributed by atoms with Gasteiger partial charge in [0.05, 0.1) is 13.0 Å². The molecule has 3 heteroatoms. The summed E-state index contributed by atoms with van der Waals surface area (Å²) >= 11 is 0. The molecule has 3 nitrogen and oxygen atoms in total. The highest BCUT2D eigenvalue weighted by molar-refractivity contribution is 5.68. The summed E-state index contributed by atoms with van der Waals surface area (Å²) < 4.78 is 5.55. The van der Waals surface area contributed by atoms with Crippen LogP contribution in [-0.4, -0.2) is 17.7 Å². The van der Waals surface area contributed by atoms with E-state index in [1.165, 1.54) is 0 Å². The van der Waals surface area contributed by atoms with Crippen LogP contribution in [0.5, 0.6) is 5.75 Å². The fourth-order valence-corrected chi connectivity index (χ4v) is 2.26. The van der Waals surface area contributed by atoms with Crippen molar-refractivity contribution in [1.29, 1.82) is 0 Å². The molecular weight excluding hydrogens is 228 g/mol. The average molecular weight is 250 g/mol. The number of aliphatic carboxylic acids is 1. The van der Waals surface area contributed by atoms with Crippen molar-refractivity contribution in [3.63, 3.8) is 0 Å². The zero-order chi connectivity index (χ0) is 13.7. The Bertz CT molecular complexity index is 424. The number of carboxylic acids is 1. The second-order valence-corrected chi connectivity index (χ2v) is 4.54. The highest BCUT2D eigenvalue weighted by Crippen LogP contribution is 2.32. The normalized spacial score (nSPS) is 12.2. The van der Waals surface area contributed by atoms with Gasteiger partial charge in [0, 0.05) is 0 Å². The molecule has 1 unspecified atom stereocenters. The largest absolute Gasteiger partial charge is 0.494 e. The molecule has 0 bridgehead atoms. The number of benzene rings is 1. The van der Waals surface area contributed by atoms with Gasteiger partial charge < -0.3 is 9.84 Å². The SMILES string of the molecule is CCOc1ccc(C(CC)CC(=O)O)c(C)c1C. The lowest BCUT2D eigenvalue weighted by molar-refractivity contribution is -0.137. The van der Waals surface area contributed by atoms with E-state index in [0.717, 1.165) is 28.9 Å². The van der Waals surface area contributed by atoms with Gasteiger partial charge in [-0.2, -0.15) is 0 Å². The molecule has 1 rings (SSSR count). The van der Waals surface area contributed by atoms with Crippen molar-refractivity contribution in [2.75, 3.05) is 6.61 Å². The standard InChI is InChI=1S/C15H22O3/c1-5-12(9-15(16)17)13-7-8-14(18-6-2)11(4)10(13)3/h7-8,12H,5-6,9H2,1-4H3,(H,16,17). The number of hydrogen-bond donors (Lipinski definition) is 1. The Hall–Kier alpha value is -1.51. The van der Waals surface area contributed by atoms with Gasteiger partial charge in [0.25, 0.3) is 0 Å². The van der Waals surface area contributed by atoms with Crippen molar-refractivity contribution in [1.82, 2.24) is 0 Å². The molecular formula is C15H22O3. The Kier molecular flexibility index (Phi) is 5.20. The molecule has 0 spiro atoms. The van der Waals surface area contributed by atoms with E-state index in [9.17, 15) is 4.79 Å². The van der Waals surface area contributed by atoms with Crippen molar-refractivity contribution in [3.8, 4) is 5.75 Å². The Labute approximate surface area is 109 Å². The number of hydrogen-bond acceptors (Lipinski definition) is 2. The molecule has 0 amide bonds. The Morgan fingerprint density at radius 3 is 2.44 bits per heavy atom. The molecule has 0 radical (unpaired) electrons. The zero-order valence-corrected chi connectivity index (χ0v) is 11.6. The lowest BCUT2D eigenvalue weighted by Crippen LogP contribution is -2.08. The summed E-state index contributed by atoms with van der Waals surface area (Å²) in [5.41, 5.74) is 3.38. The van der Waals surface area contributed by atoms with Gasteiger partial charge in [0.1, 0.15) is 5.75 Å². The van der Waals surface area contributed by atoms with Crippen LogP contribution in [0.3, 0.4) is 0 Å². The average Bonchev–Trinajstić information content (AvgIpc) is 2.33. The minimum absolute atomic E-state index is 0.0804. The fraction of sp³-hybridized carbons (Fsp3) is 0.533. The minimum atomic E-state index is -0.743. The summed E-state index contributed by atoms with van der Waals surface area (Å²) in [7, 11) is 0. The van der Waals surface area contributed by atoms with Gasteiger partial charge in [-0.1, -0.05) is 13.0 Å². The topological polar surface area (TPSA) is 46.5 Å². The zero-order valence-electron chi connectivity index (χ0n) is 11.6. The van der Waals surface area contributed by atoms with Crippen molar-refractivity contribution < 1.29 is 14.6 Å². The maximum atomic E-state index is 10.9. The van der Waals surface area contributed by atoms with Gasteiger partial charge in [-0.3, -0.25) is 4.79 Å². The van der Waals surface area contributed by atoms with Crippen LogP contribution in [0.1, 0.15) is 49.3 Å². The van der Waals surface area contributed by atoms with Crippen LogP contribution in [0.15, 0.2) is 12.1 Å². The molecule has 1 aromatic carbocycles. The van der Waals surface area contributed by atoms with Gasteiger partial charge in [-0.15, -0.1) is 0 Å². The van der Waals surface area contributed by atoms with Crippen molar-refractivity contribution >= 4 is 5.97 Å². The summed E-state index contributed by atoms with van der Waals surface area (Å²) in [6.07, 6.45) is 1.02. The third kappa shape index (κ3) is 3.25. The van der Waals surface area contributed by atoms with Crippen LogP contribution in [0.4, 0.5) is 0 Å². The van der Waals surface area contributed by atoms with E-state index in [1.807, 2.05) is 39.8 Å². The second kappa shape index (κ2) is 6.43. The van der Waals surface area contributed by atoms with E-state index in [1.54, 1.807) is 0 Å². The predicted octanol–water partition coefficient (Wildman–Crippen LogP) is 3.67. The Morgan fingerprint density at radius 2 is 1.94 bits per heavy atom.